The Balaban J connectivity index is 1.39. The van der Waals surface area contributed by atoms with Gasteiger partial charge in [-0.15, -0.1) is 0 Å². The SMILES string of the molecule is CCOC(=O)c1ccc(N2CCN(CCNC(=S)Nc3cccc(C)c3C)CC2)cc1. The zero-order valence-corrected chi connectivity index (χ0v) is 19.4. The standard InChI is InChI=1S/C24H32N4O2S/c1-4-30-23(29)20-8-10-21(11-9-20)28-16-14-27(15-17-28)13-12-25-24(31)26-22-7-5-6-18(2)19(22)3/h5-11H,4,12-17H2,1-3H3,(H2,25,26,31). The summed E-state index contributed by atoms with van der Waals surface area (Å²) in [5.74, 6) is -0.267. The van der Waals surface area contributed by atoms with Crippen LogP contribution >= 0.6 is 12.2 Å². The minimum Gasteiger partial charge on any atom is -0.462 e. The van der Waals surface area contributed by atoms with Crippen LogP contribution in [0.2, 0.25) is 0 Å². The van der Waals surface area contributed by atoms with E-state index in [1.165, 1.54) is 11.1 Å². The van der Waals surface area contributed by atoms with Gasteiger partial charge in [0.1, 0.15) is 0 Å². The van der Waals surface area contributed by atoms with E-state index in [0.717, 1.165) is 50.6 Å². The Bertz CT molecular complexity index is 893. The van der Waals surface area contributed by atoms with E-state index in [9.17, 15) is 4.79 Å². The molecular formula is C24H32N4O2S. The number of hydrogen-bond donors (Lipinski definition) is 2. The summed E-state index contributed by atoms with van der Waals surface area (Å²) in [6.07, 6.45) is 0. The first-order valence-electron chi connectivity index (χ1n) is 10.8. The number of rotatable bonds is 7. The molecule has 0 atom stereocenters. The van der Waals surface area contributed by atoms with Crippen molar-refractivity contribution in [3.8, 4) is 0 Å². The van der Waals surface area contributed by atoms with E-state index < -0.39 is 0 Å². The molecule has 0 saturated carbocycles. The Kier molecular flexibility index (Phi) is 8.26. The highest BCUT2D eigenvalue weighted by molar-refractivity contribution is 7.80. The smallest absolute Gasteiger partial charge is 0.338 e. The van der Waals surface area contributed by atoms with Crippen molar-refractivity contribution in [2.45, 2.75) is 20.8 Å². The van der Waals surface area contributed by atoms with Crippen LogP contribution in [-0.2, 0) is 4.74 Å². The number of ether oxygens (including phenoxy) is 1. The molecule has 0 aliphatic carbocycles. The molecule has 0 unspecified atom stereocenters. The van der Waals surface area contributed by atoms with Crippen LogP contribution in [0, 0.1) is 13.8 Å². The Morgan fingerprint density at radius 1 is 1.06 bits per heavy atom. The molecule has 3 rings (SSSR count). The lowest BCUT2D eigenvalue weighted by atomic mass is 10.1. The number of carbonyl (C=O) groups excluding carboxylic acids is 1. The van der Waals surface area contributed by atoms with Gasteiger partial charge in [0.25, 0.3) is 0 Å². The van der Waals surface area contributed by atoms with Gasteiger partial charge in [-0.2, -0.15) is 0 Å². The molecule has 166 valence electrons. The number of benzene rings is 2. The number of nitrogens with zero attached hydrogens (tertiary/aromatic N) is 2. The van der Waals surface area contributed by atoms with Gasteiger partial charge in [0.05, 0.1) is 12.2 Å². The third-order valence-corrected chi connectivity index (χ3v) is 5.93. The number of aryl methyl sites for hydroxylation is 1. The molecule has 31 heavy (non-hydrogen) atoms. The van der Waals surface area contributed by atoms with E-state index in [4.69, 9.17) is 17.0 Å². The number of hydrogen-bond acceptors (Lipinski definition) is 5. The Hall–Kier alpha value is -2.64. The van der Waals surface area contributed by atoms with Crippen LogP contribution in [-0.4, -0.2) is 61.9 Å². The van der Waals surface area contributed by atoms with Crippen LogP contribution in [0.5, 0.6) is 0 Å². The number of esters is 1. The van der Waals surface area contributed by atoms with Crippen molar-refractivity contribution in [1.82, 2.24) is 10.2 Å². The van der Waals surface area contributed by atoms with Gasteiger partial charge in [-0.25, -0.2) is 4.79 Å². The Labute approximate surface area is 190 Å². The molecule has 1 aliphatic rings. The molecule has 0 bridgehead atoms. The lowest BCUT2D eigenvalue weighted by Crippen LogP contribution is -2.48. The molecule has 1 saturated heterocycles. The predicted molar refractivity (Wildman–Crippen MR) is 131 cm³/mol. The Morgan fingerprint density at radius 2 is 1.77 bits per heavy atom. The van der Waals surface area contributed by atoms with Gasteiger partial charge in [-0.1, -0.05) is 12.1 Å². The third kappa shape index (κ3) is 6.42. The molecule has 2 aromatic rings. The second kappa shape index (κ2) is 11.1. The summed E-state index contributed by atoms with van der Waals surface area (Å²) in [4.78, 5) is 16.6. The van der Waals surface area contributed by atoms with Crippen molar-refractivity contribution >= 4 is 34.7 Å². The molecular weight excluding hydrogens is 408 g/mol. The molecule has 1 aliphatic heterocycles. The second-order valence-corrected chi connectivity index (χ2v) is 8.13. The van der Waals surface area contributed by atoms with Gasteiger partial charge < -0.3 is 20.3 Å². The number of nitrogens with one attached hydrogen (secondary N) is 2. The van der Waals surface area contributed by atoms with Gasteiger partial charge in [0.15, 0.2) is 5.11 Å². The molecule has 0 radical (unpaired) electrons. The largest absolute Gasteiger partial charge is 0.462 e. The monoisotopic (exact) mass is 440 g/mol. The number of anilines is 2. The lowest BCUT2D eigenvalue weighted by Gasteiger charge is -2.36. The van der Waals surface area contributed by atoms with E-state index in [1.807, 2.05) is 37.3 Å². The highest BCUT2D eigenvalue weighted by Crippen LogP contribution is 2.19. The summed E-state index contributed by atoms with van der Waals surface area (Å²) in [5.41, 5.74) is 5.27. The first-order valence-corrected chi connectivity index (χ1v) is 11.2. The zero-order chi connectivity index (χ0) is 22.2. The summed E-state index contributed by atoms with van der Waals surface area (Å²) < 4.78 is 5.05. The van der Waals surface area contributed by atoms with Gasteiger partial charge in [-0.3, -0.25) is 4.90 Å². The maximum Gasteiger partial charge on any atom is 0.338 e. The molecule has 6 nitrogen and oxygen atoms in total. The van der Waals surface area contributed by atoms with Crippen molar-refractivity contribution in [2.24, 2.45) is 0 Å². The van der Waals surface area contributed by atoms with E-state index in [1.54, 1.807) is 0 Å². The van der Waals surface area contributed by atoms with Gasteiger partial charge in [0.2, 0.25) is 0 Å². The highest BCUT2D eigenvalue weighted by Gasteiger charge is 2.17. The van der Waals surface area contributed by atoms with E-state index in [0.29, 0.717) is 17.3 Å². The summed E-state index contributed by atoms with van der Waals surface area (Å²) in [6, 6.07) is 13.9. The normalized spacial score (nSPS) is 14.2. The maximum absolute atomic E-state index is 11.8. The van der Waals surface area contributed by atoms with Gasteiger partial charge in [0, 0.05) is 50.6 Å². The summed E-state index contributed by atoms with van der Waals surface area (Å²) in [6.45, 7) is 12.1. The van der Waals surface area contributed by atoms with E-state index in [-0.39, 0.29) is 5.97 Å². The van der Waals surface area contributed by atoms with Crippen LogP contribution in [0.4, 0.5) is 11.4 Å². The maximum atomic E-state index is 11.8. The topological polar surface area (TPSA) is 56.8 Å². The number of piperazine rings is 1. The van der Waals surface area contributed by atoms with Gasteiger partial charge >= 0.3 is 5.97 Å². The fraction of sp³-hybridized carbons (Fsp3) is 0.417. The molecule has 0 aromatic heterocycles. The molecule has 2 N–H and O–H groups in total. The second-order valence-electron chi connectivity index (χ2n) is 7.72. The summed E-state index contributed by atoms with van der Waals surface area (Å²) in [7, 11) is 0. The predicted octanol–water partition coefficient (Wildman–Crippen LogP) is 3.59. The molecule has 0 amide bonds. The highest BCUT2D eigenvalue weighted by atomic mass is 32.1. The number of thiocarbonyl (C=S) groups is 1. The third-order valence-electron chi connectivity index (χ3n) is 5.68. The van der Waals surface area contributed by atoms with Gasteiger partial charge in [-0.05, 0) is 74.4 Å². The number of carbonyl (C=O) groups is 1. The van der Waals surface area contributed by atoms with Crippen molar-refractivity contribution in [3.63, 3.8) is 0 Å². The fourth-order valence-corrected chi connectivity index (χ4v) is 3.85. The van der Waals surface area contributed by atoms with Crippen LogP contribution in [0.1, 0.15) is 28.4 Å². The lowest BCUT2D eigenvalue weighted by molar-refractivity contribution is 0.0526. The average Bonchev–Trinajstić information content (AvgIpc) is 2.78. The summed E-state index contributed by atoms with van der Waals surface area (Å²) in [5, 5.41) is 7.28. The average molecular weight is 441 g/mol. The minimum atomic E-state index is -0.267. The van der Waals surface area contributed by atoms with Crippen LogP contribution < -0.4 is 15.5 Å². The van der Waals surface area contributed by atoms with Crippen LogP contribution in [0.25, 0.3) is 0 Å². The van der Waals surface area contributed by atoms with E-state index in [2.05, 4.69) is 46.4 Å². The van der Waals surface area contributed by atoms with Crippen molar-refractivity contribution in [1.29, 1.82) is 0 Å². The van der Waals surface area contributed by atoms with Crippen LogP contribution in [0.15, 0.2) is 42.5 Å². The molecule has 1 fully saturated rings. The van der Waals surface area contributed by atoms with Crippen molar-refractivity contribution in [3.05, 3.63) is 59.2 Å². The summed E-state index contributed by atoms with van der Waals surface area (Å²) >= 11 is 5.45. The molecule has 7 heteroatoms. The zero-order valence-electron chi connectivity index (χ0n) is 18.6. The molecule has 2 aromatic carbocycles. The quantitative estimate of drug-likeness (QED) is 0.504. The Morgan fingerprint density at radius 3 is 2.45 bits per heavy atom. The van der Waals surface area contributed by atoms with Crippen LogP contribution in [0.3, 0.4) is 0 Å². The fourth-order valence-electron chi connectivity index (χ4n) is 3.63. The first kappa shape index (κ1) is 23.0. The van der Waals surface area contributed by atoms with E-state index >= 15 is 0 Å². The molecule has 1 heterocycles. The first-order chi connectivity index (χ1) is 15.0. The molecule has 0 spiro atoms. The van der Waals surface area contributed by atoms with Crippen molar-refractivity contribution < 1.29 is 9.53 Å². The minimum absolute atomic E-state index is 0.267. The van der Waals surface area contributed by atoms with Crippen molar-refractivity contribution in [2.75, 3.05) is 56.1 Å².